The van der Waals surface area contributed by atoms with Gasteiger partial charge in [-0.2, -0.15) is 0 Å². The third kappa shape index (κ3) is 1.43. The van der Waals surface area contributed by atoms with Crippen LogP contribution in [0.4, 0.5) is 5.69 Å². The summed E-state index contributed by atoms with van der Waals surface area (Å²) in [5, 5.41) is 0.0666. The molecule has 0 aliphatic carbocycles. The molecule has 0 saturated heterocycles. The molecular weight excluding hydrogens is 178 g/mol. The van der Waals surface area contributed by atoms with Gasteiger partial charge in [0, 0.05) is 6.04 Å². The highest BCUT2D eigenvalue weighted by atomic mass is 35.5. The van der Waals surface area contributed by atoms with Crippen LogP contribution in [0.1, 0.15) is 19.9 Å². The molecule has 12 heavy (non-hydrogen) atoms. The predicted octanol–water partition coefficient (Wildman–Crippen LogP) is 1.06. The molecular formula is C7H10ClN3O. The molecule has 2 N–H and O–H groups in total. The molecule has 66 valence electrons. The van der Waals surface area contributed by atoms with Crippen molar-refractivity contribution in [1.29, 1.82) is 0 Å². The lowest BCUT2D eigenvalue weighted by molar-refractivity contribution is 0.569. The molecule has 0 spiro atoms. The van der Waals surface area contributed by atoms with E-state index in [0.29, 0.717) is 0 Å². The van der Waals surface area contributed by atoms with Crippen LogP contribution >= 0.6 is 11.6 Å². The Morgan fingerprint density at radius 1 is 1.67 bits per heavy atom. The van der Waals surface area contributed by atoms with E-state index in [9.17, 15) is 4.79 Å². The Hall–Kier alpha value is -1.03. The summed E-state index contributed by atoms with van der Waals surface area (Å²) in [6.45, 7) is 3.74. The van der Waals surface area contributed by atoms with Gasteiger partial charge < -0.3 is 5.73 Å². The quantitative estimate of drug-likeness (QED) is 0.669. The highest BCUT2D eigenvalue weighted by Gasteiger charge is 2.07. The standard InChI is InChI=1S/C7H10ClN3O/c1-4(2)11-3-10-6(8)5(9)7(11)12/h3-4H,9H2,1-2H3. The Labute approximate surface area is 75.0 Å². The minimum absolute atomic E-state index is 0.00728. The first kappa shape index (κ1) is 9.06. The monoisotopic (exact) mass is 187 g/mol. The van der Waals surface area contributed by atoms with Crippen molar-refractivity contribution in [3.05, 3.63) is 21.8 Å². The molecule has 1 heterocycles. The summed E-state index contributed by atoms with van der Waals surface area (Å²) in [4.78, 5) is 15.1. The maximum absolute atomic E-state index is 11.3. The maximum atomic E-state index is 11.3. The lowest BCUT2D eigenvalue weighted by atomic mass is 10.4. The summed E-state index contributed by atoms with van der Waals surface area (Å²) >= 11 is 5.54. The molecule has 0 aromatic carbocycles. The van der Waals surface area contributed by atoms with E-state index in [1.807, 2.05) is 13.8 Å². The van der Waals surface area contributed by atoms with Crippen molar-refractivity contribution in [3.8, 4) is 0 Å². The summed E-state index contributed by atoms with van der Waals surface area (Å²) in [7, 11) is 0. The van der Waals surface area contributed by atoms with E-state index in [-0.39, 0.29) is 22.4 Å². The Morgan fingerprint density at radius 2 is 2.25 bits per heavy atom. The van der Waals surface area contributed by atoms with Crippen LogP contribution in [0, 0.1) is 0 Å². The van der Waals surface area contributed by atoms with Gasteiger partial charge in [0.2, 0.25) is 0 Å². The Balaban J connectivity index is 3.37. The van der Waals surface area contributed by atoms with Gasteiger partial charge in [-0.1, -0.05) is 11.6 Å². The van der Waals surface area contributed by atoms with E-state index >= 15 is 0 Å². The largest absolute Gasteiger partial charge is 0.392 e. The Bertz CT molecular complexity index is 345. The molecule has 0 aliphatic rings. The maximum Gasteiger partial charge on any atom is 0.278 e. The minimum atomic E-state index is -0.287. The van der Waals surface area contributed by atoms with Gasteiger partial charge in [0.1, 0.15) is 5.69 Å². The molecule has 0 bridgehead atoms. The fourth-order valence-corrected chi connectivity index (χ4v) is 0.955. The molecule has 0 saturated carbocycles. The molecule has 5 heteroatoms. The van der Waals surface area contributed by atoms with Crippen LogP contribution < -0.4 is 11.3 Å². The van der Waals surface area contributed by atoms with E-state index in [4.69, 9.17) is 17.3 Å². The van der Waals surface area contributed by atoms with E-state index in [1.165, 1.54) is 10.9 Å². The highest BCUT2D eigenvalue weighted by molar-refractivity contribution is 6.31. The van der Waals surface area contributed by atoms with Crippen LogP contribution in [0.3, 0.4) is 0 Å². The van der Waals surface area contributed by atoms with Crippen molar-refractivity contribution in [2.45, 2.75) is 19.9 Å². The van der Waals surface area contributed by atoms with Crippen LogP contribution in [0.15, 0.2) is 11.1 Å². The molecule has 0 aliphatic heterocycles. The zero-order chi connectivity index (χ0) is 9.30. The minimum Gasteiger partial charge on any atom is -0.392 e. The molecule has 1 aromatic rings. The van der Waals surface area contributed by atoms with Crippen molar-refractivity contribution < 1.29 is 0 Å². The van der Waals surface area contributed by atoms with Crippen LogP contribution in [0.25, 0.3) is 0 Å². The van der Waals surface area contributed by atoms with Crippen molar-refractivity contribution in [2.24, 2.45) is 0 Å². The van der Waals surface area contributed by atoms with Crippen molar-refractivity contribution in [2.75, 3.05) is 5.73 Å². The number of rotatable bonds is 1. The number of aromatic nitrogens is 2. The Kier molecular flexibility index (Phi) is 2.38. The van der Waals surface area contributed by atoms with E-state index < -0.39 is 0 Å². The predicted molar refractivity (Wildman–Crippen MR) is 48.3 cm³/mol. The summed E-state index contributed by atoms with van der Waals surface area (Å²) in [6.07, 6.45) is 1.39. The number of nitrogen functional groups attached to an aromatic ring is 1. The first-order chi connectivity index (χ1) is 5.54. The molecule has 4 nitrogen and oxygen atoms in total. The smallest absolute Gasteiger partial charge is 0.278 e. The summed E-state index contributed by atoms with van der Waals surface area (Å²) < 4.78 is 1.43. The van der Waals surface area contributed by atoms with Gasteiger partial charge in [0.15, 0.2) is 5.15 Å². The van der Waals surface area contributed by atoms with Gasteiger partial charge in [0.05, 0.1) is 6.33 Å². The van der Waals surface area contributed by atoms with Gasteiger partial charge in [-0.25, -0.2) is 4.98 Å². The van der Waals surface area contributed by atoms with Crippen molar-refractivity contribution in [1.82, 2.24) is 9.55 Å². The topological polar surface area (TPSA) is 60.9 Å². The fraction of sp³-hybridized carbons (Fsp3) is 0.429. The molecule has 0 amide bonds. The average molecular weight is 188 g/mol. The second kappa shape index (κ2) is 3.15. The number of hydrogen-bond acceptors (Lipinski definition) is 3. The van der Waals surface area contributed by atoms with Gasteiger partial charge in [-0.05, 0) is 13.8 Å². The third-order valence-corrected chi connectivity index (χ3v) is 1.84. The van der Waals surface area contributed by atoms with Gasteiger partial charge in [-0.15, -0.1) is 0 Å². The van der Waals surface area contributed by atoms with Crippen LogP contribution in [0.2, 0.25) is 5.15 Å². The highest BCUT2D eigenvalue weighted by Crippen LogP contribution is 2.10. The van der Waals surface area contributed by atoms with Crippen molar-refractivity contribution in [3.63, 3.8) is 0 Å². The lowest BCUT2D eigenvalue weighted by Crippen LogP contribution is -2.25. The fourth-order valence-electron chi connectivity index (χ4n) is 0.830. The molecule has 0 fully saturated rings. The SMILES string of the molecule is CC(C)n1cnc(Cl)c(N)c1=O. The van der Waals surface area contributed by atoms with Crippen molar-refractivity contribution >= 4 is 17.3 Å². The van der Waals surface area contributed by atoms with E-state index in [2.05, 4.69) is 4.98 Å². The zero-order valence-electron chi connectivity index (χ0n) is 6.91. The average Bonchev–Trinajstić information content (AvgIpc) is 2.00. The Morgan fingerprint density at radius 3 is 2.75 bits per heavy atom. The first-order valence-electron chi connectivity index (χ1n) is 3.56. The molecule has 0 unspecified atom stereocenters. The summed E-state index contributed by atoms with van der Waals surface area (Å²) in [5.74, 6) is 0. The summed E-state index contributed by atoms with van der Waals surface area (Å²) in [5.41, 5.74) is 5.11. The van der Waals surface area contributed by atoms with Gasteiger partial charge in [0.25, 0.3) is 5.56 Å². The molecule has 1 rings (SSSR count). The van der Waals surface area contributed by atoms with Gasteiger partial charge in [-0.3, -0.25) is 9.36 Å². The number of anilines is 1. The molecule has 0 radical (unpaired) electrons. The first-order valence-corrected chi connectivity index (χ1v) is 3.94. The normalized spacial score (nSPS) is 10.7. The second-order valence-corrected chi connectivity index (χ2v) is 3.11. The number of hydrogen-bond donors (Lipinski definition) is 1. The number of nitrogens with zero attached hydrogens (tertiary/aromatic N) is 2. The zero-order valence-corrected chi connectivity index (χ0v) is 7.67. The third-order valence-electron chi connectivity index (χ3n) is 1.54. The number of halogens is 1. The van der Waals surface area contributed by atoms with Crippen LogP contribution in [-0.2, 0) is 0 Å². The van der Waals surface area contributed by atoms with E-state index in [1.54, 1.807) is 0 Å². The second-order valence-electron chi connectivity index (χ2n) is 2.76. The number of nitrogens with two attached hydrogens (primary N) is 1. The van der Waals surface area contributed by atoms with Gasteiger partial charge >= 0.3 is 0 Å². The van der Waals surface area contributed by atoms with Crippen LogP contribution in [0.5, 0.6) is 0 Å². The molecule has 0 atom stereocenters. The van der Waals surface area contributed by atoms with Crippen LogP contribution in [-0.4, -0.2) is 9.55 Å². The summed E-state index contributed by atoms with van der Waals surface area (Å²) in [6, 6.07) is 0.0459. The molecule has 1 aromatic heterocycles. The van der Waals surface area contributed by atoms with E-state index in [0.717, 1.165) is 0 Å². The lowest BCUT2D eigenvalue weighted by Gasteiger charge is -2.09.